The van der Waals surface area contributed by atoms with Crippen molar-refractivity contribution in [1.29, 1.82) is 0 Å². The molecule has 2 atom stereocenters. The van der Waals surface area contributed by atoms with Gasteiger partial charge in [-0.1, -0.05) is 18.5 Å². The van der Waals surface area contributed by atoms with Gasteiger partial charge >= 0.3 is 6.03 Å². The Morgan fingerprint density at radius 2 is 2.25 bits per heavy atom. The molecule has 8 nitrogen and oxygen atoms in total. The van der Waals surface area contributed by atoms with Gasteiger partial charge in [-0.2, -0.15) is 4.98 Å². The molecular formula is C16H25N5O3. The Kier molecular flexibility index (Phi) is 4.84. The lowest BCUT2D eigenvalue weighted by molar-refractivity contribution is -0.126. The maximum absolute atomic E-state index is 12.1. The zero-order chi connectivity index (χ0) is 17.2. The Hall–Kier alpha value is -1.96. The van der Waals surface area contributed by atoms with E-state index in [-0.39, 0.29) is 11.8 Å². The molecule has 1 aromatic heterocycles. The average Bonchev–Trinajstić information content (AvgIpc) is 3.10. The summed E-state index contributed by atoms with van der Waals surface area (Å²) in [6.45, 7) is 6.20. The van der Waals surface area contributed by atoms with Gasteiger partial charge < -0.3 is 9.84 Å². The number of carbonyl (C=O) groups is 2. The van der Waals surface area contributed by atoms with Crippen LogP contribution < -0.4 is 10.6 Å². The Labute approximate surface area is 141 Å². The number of aryl methyl sites for hydroxylation is 1. The number of carbonyl (C=O) groups excluding carboxylic acids is 2. The Bertz CT molecular complexity index is 617. The summed E-state index contributed by atoms with van der Waals surface area (Å²) in [4.78, 5) is 30.3. The van der Waals surface area contributed by atoms with Gasteiger partial charge in [-0.05, 0) is 32.7 Å². The third-order valence-corrected chi connectivity index (χ3v) is 5.01. The third kappa shape index (κ3) is 3.43. The van der Waals surface area contributed by atoms with Gasteiger partial charge in [0.05, 0.1) is 6.54 Å². The molecule has 0 aromatic carbocycles. The number of nitrogens with zero attached hydrogens (tertiary/aromatic N) is 3. The van der Waals surface area contributed by atoms with Crippen LogP contribution in [0.1, 0.15) is 51.2 Å². The zero-order valence-electron chi connectivity index (χ0n) is 14.3. The summed E-state index contributed by atoms with van der Waals surface area (Å²) >= 11 is 0. The van der Waals surface area contributed by atoms with E-state index in [1.807, 2.05) is 0 Å². The van der Waals surface area contributed by atoms with Crippen LogP contribution in [0.3, 0.4) is 0 Å². The van der Waals surface area contributed by atoms with Crippen molar-refractivity contribution in [3.8, 4) is 0 Å². The number of urea groups is 1. The van der Waals surface area contributed by atoms with Crippen molar-refractivity contribution in [1.82, 2.24) is 25.7 Å². The lowest BCUT2D eigenvalue weighted by Gasteiger charge is -2.39. The largest absolute Gasteiger partial charge is 0.339 e. The minimum Gasteiger partial charge on any atom is -0.339 e. The molecule has 8 heteroatoms. The van der Waals surface area contributed by atoms with Crippen LogP contribution in [-0.4, -0.2) is 45.6 Å². The molecule has 0 unspecified atom stereocenters. The van der Waals surface area contributed by atoms with Crippen molar-refractivity contribution in [2.45, 2.75) is 58.0 Å². The van der Waals surface area contributed by atoms with Gasteiger partial charge in [0, 0.05) is 18.9 Å². The summed E-state index contributed by atoms with van der Waals surface area (Å²) in [6, 6.07) is -0.404. The maximum atomic E-state index is 12.1. The number of likely N-dealkylation sites (tertiary alicyclic amines) is 1. The minimum absolute atomic E-state index is 0.0733. The molecule has 0 radical (unpaired) electrons. The van der Waals surface area contributed by atoms with E-state index in [0.717, 1.165) is 45.2 Å². The molecule has 0 saturated carbocycles. The number of piperidine rings is 1. The number of aromatic nitrogens is 2. The Morgan fingerprint density at radius 1 is 1.42 bits per heavy atom. The van der Waals surface area contributed by atoms with Crippen molar-refractivity contribution >= 4 is 11.9 Å². The minimum atomic E-state index is -0.834. The van der Waals surface area contributed by atoms with Crippen LogP contribution in [0.2, 0.25) is 0 Å². The highest BCUT2D eigenvalue weighted by atomic mass is 16.5. The van der Waals surface area contributed by atoms with Crippen LogP contribution in [0.4, 0.5) is 4.79 Å². The van der Waals surface area contributed by atoms with Crippen molar-refractivity contribution < 1.29 is 14.1 Å². The first-order valence-electron chi connectivity index (χ1n) is 8.68. The van der Waals surface area contributed by atoms with Gasteiger partial charge in [0.2, 0.25) is 5.89 Å². The predicted octanol–water partition coefficient (Wildman–Crippen LogP) is 1.22. The Morgan fingerprint density at radius 3 is 2.96 bits per heavy atom. The molecule has 2 aliphatic rings. The first-order valence-corrected chi connectivity index (χ1v) is 8.68. The van der Waals surface area contributed by atoms with E-state index >= 15 is 0 Å². The Balaban J connectivity index is 1.60. The molecule has 0 spiro atoms. The van der Waals surface area contributed by atoms with E-state index in [2.05, 4.69) is 32.6 Å². The molecule has 1 aromatic rings. The van der Waals surface area contributed by atoms with E-state index in [1.54, 1.807) is 6.92 Å². The number of hydrogen-bond donors (Lipinski definition) is 2. The molecule has 0 aliphatic carbocycles. The number of imide groups is 1. The van der Waals surface area contributed by atoms with Crippen LogP contribution >= 0.6 is 0 Å². The van der Waals surface area contributed by atoms with Crippen LogP contribution in [-0.2, 0) is 17.8 Å². The smallest absolute Gasteiger partial charge is 0.322 e. The summed E-state index contributed by atoms with van der Waals surface area (Å²) in [6.07, 6.45) is 4.84. The van der Waals surface area contributed by atoms with Gasteiger partial charge in [-0.3, -0.25) is 15.0 Å². The van der Waals surface area contributed by atoms with Gasteiger partial charge in [0.15, 0.2) is 5.82 Å². The van der Waals surface area contributed by atoms with E-state index in [1.165, 1.54) is 0 Å². The van der Waals surface area contributed by atoms with E-state index in [0.29, 0.717) is 18.3 Å². The van der Waals surface area contributed by atoms with E-state index in [9.17, 15) is 9.59 Å². The molecule has 2 saturated heterocycles. The number of hydrogen-bond acceptors (Lipinski definition) is 6. The second kappa shape index (κ2) is 6.88. The summed E-state index contributed by atoms with van der Waals surface area (Å²) in [5, 5.41) is 9.18. The molecule has 3 rings (SSSR count). The SMILES string of the molecule is CCCCc1nc(CN2CCC[C@H]([C@@]3(C)NC(=O)NC3=O)C2)no1. The molecule has 2 aliphatic heterocycles. The van der Waals surface area contributed by atoms with E-state index < -0.39 is 11.6 Å². The van der Waals surface area contributed by atoms with Gasteiger partial charge in [-0.25, -0.2) is 4.79 Å². The number of unbranched alkanes of at least 4 members (excludes halogenated alkanes) is 1. The monoisotopic (exact) mass is 335 g/mol. The van der Waals surface area contributed by atoms with Crippen LogP contribution in [0, 0.1) is 5.92 Å². The highest BCUT2D eigenvalue weighted by Gasteiger charge is 2.48. The van der Waals surface area contributed by atoms with Gasteiger partial charge in [-0.15, -0.1) is 0 Å². The molecule has 3 heterocycles. The second-order valence-corrected chi connectivity index (χ2v) is 6.89. The summed E-state index contributed by atoms with van der Waals surface area (Å²) in [7, 11) is 0. The van der Waals surface area contributed by atoms with Crippen molar-refractivity contribution in [3.63, 3.8) is 0 Å². The quantitative estimate of drug-likeness (QED) is 0.758. The predicted molar refractivity (Wildman–Crippen MR) is 86.0 cm³/mol. The lowest BCUT2D eigenvalue weighted by Crippen LogP contribution is -2.55. The van der Waals surface area contributed by atoms with E-state index in [4.69, 9.17) is 4.52 Å². The topological polar surface area (TPSA) is 100 Å². The first kappa shape index (κ1) is 16.9. The van der Waals surface area contributed by atoms with Crippen LogP contribution in [0.5, 0.6) is 0 Å². The number of amides is 3. The van der Waals surface area contributed by atoms with Crippen LogP contribution in [0.15, 0.2) is 4.52 Å². The summed E-state index contributed by atoms with van der Waals surface area (Å²) in [5.74, 6) is 1.21. The molecule has 2 fully saturated rings. The molecule has 3 amide bonds. The molecule has 132 valence electrons. The fourth-order valence-corrected chi connectivity index (χ4v) is 3.50. The summed E-state index contributed by atoms with van der Waals surface area (Å²) < 4.78 is 5.28. The first-order chi connectivity index (χ1) is 11.5. The average molecular weight is 335 g/mol. The van der Waals surface area contributed by atoms with Gasteiger partial charge in [0.1, 0.15) is 5.54 Å². The molecule has 0 bridgehead atoms. The normalized spacial score (nSPS) is 28.0. The third-order valence-electron chi connectivity index (χ3n) is 5.01. The highest BCUT2D eigenvalue weighted by molar-refractivity contribution is 6.06. The zero-order valence-corrected chi connectivity index (χ0v) is 14.3. The molecule has 24 heavy (non-hydrogen) atoms. The number of nitrogens with one attached hydrogen (secondary N) is 2. The number of rotatable bonds is 6. The second-order valence-electron chi connectivity index (χ2n) is 6.89. The van der Waals surface area contributed by atoms with Gasteiger partial charge in [0.25, 0.3) is 5.91 Å². The standard InChI is InChI=1S/C16H25N5O3/c1-3-4-7-13-17-12(20-24-13)10-21-8-5-6-11(9-21)16(2)14(22)18-15(23)19-16/h11H,3-10H2,1-2H3,(H2,18,19,22,23)/t11-,16+/m0/s1. The molecular weight excluding hydrogens is 310 g/mol. The maximum Gasteiger partial charge on any atom is 0.322 e. The van der Waals surface area contributed by atoms with Crippen LogP contribution in [0.25, 0.3) is 0 Å². The fraction of sp³-hybridized carbons (Fsp3) is 0.750. The fourth-order valence-electron chi connectivity index (χ4n) is 3.50. The summed E-state index contributed by atoms with van der Waals surface area (Å²) in [5.41, 5.74) is -0.834. The lowest BCUT2D eigenvalue weighted by atomic mass is 9.80. The van der Waals surface area contributed by atoms with Crippen molar-refractivity contribution in [2.75, 3.05) is 13.1 Å². The van der Waals surface area contributed by atoms with Crippen molar-refractivity contribution in [3.05, 3.63) is 11.7 Å². The highest BCUT2D eigenvalue weighted by Crippen LogP contribution is 2.30. The molecule has 2 N–H and O–H groups in total. The van der Waals surface area contributed by atoms with Crippen molar-refractivity contribution in [2.24, 2.45) is 5.92 Å².